The summed E-state index contributed by atoms with van der Waals surface area (Å²) in [6.45, 7) is 0.843. The van der Waals surface area contributed by atoms with Crippen molar-refractivity contribution in [3.05, 3.63) is 48.2 Å². The third-order valence-corrected chi connectivity index (χ3v) is 8.69. The summed E-state index contributed by atoms with van der Waals surface area (Å²) in [5.74, 6) is 1.87. The molecule has 38 heavy (non-hydrogen) atoms. The first kappa shape index (κ1) is 24.7. The third-order valence-electron chi connectivity index (χ3n) is 8.69. The van der Waals surface area contributed by atoms with Gasteiger partial charge in [0.15, 0.2) is 5.96 Å². The van der Waals surface area contributed by atoms with E-state index in [1.165, 1.54) is 11.3 Å². The van der Waals surface area contributed by atoms with Gasteiger partial charge in [-0.2, -0.15) is 0 Å². The first-order chi connectivity index (χ1) is 18.5. The van der Waals surface area contributed by atoms with Gasteiger partial charge in [-0.1, -0.05) is 56.7 Å². The lowest BCUT2D eigenvalue weighted by atomic mass is 9.81. The number of carbonyl (C=O) groups excluding carboxylic acids is 2. The van der Waals surface area contributed by atoms with Crippen LogP contribution < -0.4 is 15.8 Å². The predicted octanol–water partition coefficient (Wildman–Crippen LogP) is 4.84. The molecule has 2 saturated carbocycles. The Kier molecular flexibility index (Phi) is 6.68. The minimum Gasteiger partial charge on any atom is -0.439 e. The molecule has 1 saturated heterocycles. The van der Waals surface area contributed by atoms with Crippen molar-refractivity contribution in [2.45, 2.75) is 82.3 Å². The fourth-order valence-corrected chi connectivity index (χ4v) is 6.64. The van der Waals surface area contributed by atoms with Crippen LogP contribution in [0.5, 0.6) is 11.6 Å². The number of aromatic nitrogens is 1. The van der Waals surface area contributed by atoms with E-state index in [1.54, 1.807) is 6.20 Å². The molecule has 0 radical (unpaired) electrons. The standard InChI is InChI=1S/C29H36N6O3/c30-27-32-23-17-31-25(38-22-12-6-2-7-13-22)16-21(23)18-34(27)24(20-10-4-1-5-11-20)19-35-26(36)29(33-28(35)37)14-8-3-9-15-29/h2,6-7,12-13,16-17,20,24H,1,3-5,8-11,14-15,18-19H2,(H2,30,32)(H,33,37)/t24-/m1/s1. The highest BCUT2D eigenvalue weighted by Crippen LogP contribution is 2.38. The lowest BCUT2D eigenvalue weighted by Gasteiger charge is -2.42. The zero-order valence-corrected chi connectivity index (χ0v) is 21.8. The SMILES string of the molecule is NC1=Nc2cnc(Oc3ccccc3)cc2CN1[C@H](CN1C(=O)NC2(CCCCC2)C1=O)C1CCCCC1. The van der Waals surface area contributed by atoms with Crippen LogP contribution in [0.4, 0.5) is 10.5 Å². The lowest BCUT2D eigenvalue weighted by Crippen LogP contribution is -2.55. The van der Waals surface area contributed by atoms with Gasteiger partial charge in [0.25, 0.3) is 5.91 Å². The number of guanidine groups is 1. The number of imide groups is 1. The van der Waals surface area contributed by atoms with Gasteiger partial charge in [0.05, 0.1) is 24.5 Å². The van der Waals surface area contributed by atoms with Gasteiger partial charge in [-0.25, -0.2) is 14.8 Å². The smallest absolute Gasteiger partial charge is 0.325 e. The van der Waals surface area contributed by atoms with E-state index >= 15 is 0 Å². The van der Waals surface area contributed by atoms with Crippen molar-refractivity contribution in [1.29, 1.82) is 0 Å². The Hall–Kier alpha value is -3.62. The summed E-state index contributed by atoms with van der Waals surface area (Å²) in [5, 5.41) is 3.07. The average molecular weight is 517 g/mol. The van der Waals surface area contributed by atoms with E-state index in [0.717, 1.165) is 69.0 Å². The van der Waals surface area contributed by atoms with Crippen LogP contribution in [0.25, 0.3) is 0 Å². The first-order valence-corrected chi connectivity index (χ1v) is 14.0. The number of nitrogens with one attached hydrogen (secondary N) is 1. The molecule has 3 amide bonds. The number of benzene rings is 1. The molecule has 6 rings (SSSR count). The molecular weight excluding hydrogens is 480 g/mol. The largest absolute Gasteiger partial charge is 0.439 e. The maximum Gasteiger partial charge on any atom is 0.325 e. The van der Waals surface area contributed by atoms with Gasteiger partial charge in [0.1, 0.15) is 11.3 Å². The Morgan fingerprint density at radius 1 is 1.05 bits per heavy atom. The number of fused-ring (bicyclic) bond motifs is 1. The number of ether oxygens (including phenoxy) is 1. The number of rotatable bonds is 6. The van der Waals surface area contributed by atoms with Gasteiger partial charge in [0, 0.05) is 18.2 Å². The molecule has 1 atom stereocenters. The number of urea groups is 1. The second kappa shape index (κ2) is 10.3. The highest BCUT2D eigenvalue weighted by Gasteiger charge is 2.52. The molecule has 3 N–H and O–H groups in total. The van der Waals surface area contributed by atoms with E-state index in [0.29, 0.717) is 36.6 Å². The van der Waals surface area contributed by atoms with Crippen molar-refractivity contribution in [3.8, 4) is 11.6 Å². The molecule has 0 unspecified atom stereocenters. The van der Waals surface area contributed by atoms with Crippen LogP contribution in [-0.4, -0.2) is 50.8 Å². The molecule has 2 aliphatic carbocycles. The maximum absolute atomic E-state index is 13.6. The fourth-order valence-electron chi connectivity index (χ4n) is 6.64. The summed E-state index contributed by atoms with van der Waals surface area (Å²) in [7, 11) is 0. The Morgan fingerprint density at radius 2 is 1.79 bits per heavy atom. The summed E-state index contributed by atoms with van der Waals surface area (Å²) in [6, 6.07) is 11.1. The molecular formula is C29H36N6O3. The maximum atomic E-state index is 13.6. The topological polar surface area (TPSA) is 113 Å². The van der Waals surface area contributed by atoms with Crippen molar-refractivity contribution in [2.24, 2.45) is 16.6 Å². The Labute approximate surface area is 223 Å². The van der Waals surface area contributed by atoms with Crippen LogP contribution in [0.1, 0.15) is 69.8 Å². The number of aliphatic imine (C=N–C) groups is 1. The quantitative estimate of drug-likeness (QED) is 0.531. The van der Waals surface area contributed by atoms with Crippen molar-refractivity contribution < 1.29 is 14.3 Å². The lowest BCUT2D eigenvalue weighted by molar-refractivity contribution is -0.133. The van der Waals surface area contributed by atoms with E-state index in [9.17, 15) is 9.59 Å². The molecule has 2 aliphatic heterocycles. The Bertz CT molecular complexity index is 1220. The minimum absolute atomic E-state index is 0.0707. The summed E-state index contributed by atoms with van der Waals surface area (Å²) in [5.41, 5.74) is 7.51. The van der Waals surface area contributed by atoms with E-state index in [4.69, 9.17) is 10.5 Å². The summed E-state index contributed by atoms with van der Waals surface area (Å²) in [4.78, 5) is 39.4. The van der Waals surface area contributed by atoms with Gasteiger partial charge >= 0.3 is 6.03 Å². The minimum atomic E-state index is -0.726. The second-order valence-corrected chi connectivity index (χ2v) is 11.1. The monoisotopic (exact) mass is 516 g/mol. The van der Waals surface area contributed by atoms with Crippen LogP contribution >= 0.6 is 0 Å². The van der Waals surface area contributed by atoms with Crippen LogP contribution in [0.2, 0.25) is 0 Å². The molecule has 2 aromatic rings. The molecule has 3 heterocycles. The van der Waals surface area contributed by atoms with Crippen LogP contribution in [0.15, 0.2) is 47.6 Å². The highest BCUT2D eigenvalue weighted by molar-refractivity contribution is 6.07. The molecule has 9 nitrogen and oxygen atoms in total. The zero-order chi connectivity index (χ0) is 26.1. The number of pyridine rings is 1. The summed E-state index contributed by atoms with van der Waals surface area (Å²) < 4.78 is 5.97. The third kappa shape index (κ3) is 4.70. The first-order valence-electron chi connectivity index (χ1n) is 14.0. The predicted molar refractivity (Wildman–Crippen MR) is 144 cm³/mol. The number of amides is 3. The van der Waals surface area contributed by atoms with Crippen LogP contribution in [0.3, 0.4) is 0 Å². The van der Waals surface area contributed by atoms with Gasteiger partial charge < -0.3 is 20.7 Å². The molecule has 200 valence electrons. The van der Waals surface area contributed by atoms with Crippen molar-refractivity contribution in [1.82, 2.24) is 20.1 Å². The Balaban J connectivity index is 1.27. The number of nitrogens with zero attached hydrogens (tertiary/aromatic N) is 4. The number of hydrogen-bond donors (Lipinski definition) is 2. The molecule has 1 spiro atoms. The van der Waals surface area contributed by atoms with E-state index < -0.39 is 5.54 Å². The van der Waals surface area contributed by atoms with Crippen molar-refractivity contribution in [3.63, 3.8) is 0 Å². The fraction of sp³-hybridized carbons (Fsp3) is 0.517. The number of para-hydroxylation sites is 1. The summed E-state index contributed by atoms with van der Waals surface area (Å²) in [6.07, 6.45) is 11.8. The molecule has 4 aliphatic rings. The van der Waals surface area contributed by atoms with Gasteiger partial charge in [-0.15, -0.1) is 0 Å². The highest BCUT2D eigenvalue weighted by atomic mass is 16.5. The zero-order valence-electron chi connectivity index (χ0n) is 21.8. The molecule has 0 bridgehead atoms. The van der Waals surface area contributed by atoms with E-state index in [2.05, 4.69) is 20.2 Å². The number of hydrogen-bond acceptors (Lipinski definition) is 7. The van der Waals surface area contributed by atoms with Crippen LogP contribution in [0, 0.1) is 5.92 Å². The van der Waals surface area contributed by atoms with Crippen molar-refractivity contribution in [2.75, 3.05) is 6.54 Å². The molecule has 9 heteroatoms. The van der Waals surface area contributed by atoms with Gasteiger partial charge in [-0.3, -0.25) is 9.69 Å². The normalized spacial score (nSPS) is 22.2. The van der Waals surface area contributed by atoms with Crippen LogP contribution in [-0.2, 0) is 11.3 Å². The van der Waals surface area contributed by atoms with Crippen molar-refractivity contribution >= 4 is 23.6 Å². The van der Waals surface area contributed by atoms with E-state index in [1.807, 2.05) is 36.4 Å². The second-order valence-electron chi connectivity index (χ2n) is 11.1. The molecule has 1 aromatic heterocycles. The molecule has 1 aromatic carbocycles. The van der Waals surface area contributed by atoms with E-state index in [-0.39, 0.29) is 18.0 Å². The average Bonchev–Trinajstić information content (AvgIpc) is 3.16. The number of carbonyl (C=O) groups is 2. The molecule has 3 fully saturated rings. The summed E-state index contributed by atoms with van der Waals surface area (Å²) >= 11 is 0. The van der Waals surface area contributed by atoms with Gasteiger partial charge in [-0.05, 0) is 43.7 Å². The Morgan fingerprint density at radius 3 is 2.55 bits per heavy atom. The number of nitrogens with two attached hydrogens (primary N) is 1. The van der Waals surface area contributed by atoms with Gasteiger partial charge in [0.2, 0.25) is 5.88 Å².